The van der Waals surface area contributed by atoms with E-state index in [0.717, 1.165) is 11.8 Å². The molecule has 1 N–H and O–H groups in total. The number of carbonyl (C=O) groups excluding carboxylic acids is 1. The van der Waals surface area contributed by atoms with Crippen LogP contribution in [-0.4, -0.2) is 44.4 Å². The average molecular weight is 347 g/mol. The number of halogens is 1. The fourth-order valence-electron chi connectivity index (χ4n) is 2.15. The molecule has 1 aromatic carbocycles. The minimum Gasteiger partial charge on any atom is -0.331 e. The lowest BCUT2D eigenvalue weighted by Crippen LogP contribution is -2.46. The van der Waals surface area contributed by atoms with Gasteiger partial charge in [0.25, 0.3) is 0 Å². The third-order valence-corrected chi connectivity index (χ3v) is 4.81. The normalized spacial score (nSPS) is 14.2. The lowest BCUT2D eigenvalue weighted by atomic mass is 10.0. The molecule has 0 saturated heterocycles. The molecule has 124 valence electrons. The molecule has 2 amide bonds. The summed E-state index contributed by atoms with van der Waals surface area (Å²) in [6, 6.07) is 6.47. The van der Waals surface area contributed by atoms with Crippen molar-refractivity contribution < 1.29 is 13.2 Å². The van der Waals surface area contributed by atoms with Crippen LogP contribution in [0.15, 0.2) is 24.3 Å². The Labute approximate surface area is 137 Å². The van der Waals surface area contributed by atoms with Gasteiger partial charge in [-0.3, -0.25) is 0 Å². The molecule has 0 spiro atoms. The molecule has 0 bridgehead atoms. The summed E-state index contributed by atoms with van der Waals surface area (Å²) in [4.78, 5) is 13.7. The summed E-state index contributed by atoms with van der Waals surface area (Å²) >= 11 is 5.98. The van der Waals surface area contributed by atoms with Crippen molar-refractivity contribution in [2.45, 2.75) is 32.4 Å². The predicted molar refractivity (Wildman–Crippen MR) is 90.0 cm³/mol. The fraction of sp³-hybridized carbons (Fsp3) is 0.533. The van der Waals surface area contributed by atoms with Crippen molar-refractivity contribution in [2.75, 3.05) is 19.1 Å². The first-order chi connectivity index (χ1) is 10.1. The highest BCUT2D eigenvalue weighted by atomic mass is 35.5. The highest BCUT2D eigenvalue weighted by Crippen LogP contribution is 2.20. The highest BCUT2D eigenvalue weighted by Gasteiger charge is 2.22. The molecular weight excluding hydrogens is 324 g/mol. The number of hydrogen-bond donors (Lipinski definition) is 1. The van der Waals surface area contributed by atoms with Gasteiger partial charge in [-0.25, -0.2) is 13.2 Å². The molecule has 1 aromatic rings. The van der Waals surface area contributed by atoms with Gasteiger partial charge in [0, 0.05) is 24.4 Å². The number of rotatable bonds is 6. The summed E-state index contributed by atoms with van der Waals surface area (Å²) in [5.74, 6) is -0.0646. The van der Waals surface area contributed by atoms with E-state index in [4.69, 9.17) is 11.6 Å². The summed E-state index contributed by atoms with van der Waals surface area (Å²) in [5, 5.41) is 3.52. The Balaban J connectivity index is 2.76. The van der Waals surface area contributed by atoms with Gasteiger partial charge in [-0.2, -0.15) is 0 Å². The SMILES string of the molecule is CC[C@H](NC(=O)N(C)[C@H](C)CS(C)(=O)=O)c1cccc(Cl)c1. The number of sulfone groups is 1. The highest BCUT2D eigenvalue weighted by molar-refractivity contribution is 7.90. The van der Waals surface area contributed by atoms with Gasteiger partial charge < -0.3 is 10.2 Å². The molecular formula is C15H23ClN2O3S. The van der Waals surface area contributed by atoms with E-state index in [1.807, 2.05) is 25.1 Å². The molecule has 2 atom stereocenters. The second-order valence-corrected chi connectivity index (χ2v) is 8.14. The molecule has 0 radical (unpaired) electrons. The predicted octanol–water partition coefficient (Wildman–Crippen LogP) is 2.87. The molecule has 7 heteroatoms. The van der Waals surface area contributed by atoms with Crippen molar-refractivity contribution in [3.8, 4) is 0 Å². The Bertz CT molecular complexity index is 619. The van der Waals surface area contributed by atoms with Gasteiger partial charge in [-0.1, -0.05) is 30.7 Å². The maximum absolute atomic E-state index is 12.3. The Morgan fingerprint density at radius 1 is 1.41 bits per heavy atom. The van der Waals surface area contributed by atoms with Gasteiger partial charge >= 0.3 is 6.03 Å². The number of urea groups is 1. The maximum Gasteiger partial charge on any atom is 0.317 e. The third-order valence-electron chi connectivity index (χ3n) is 3.48. The van der Waals surface area contributed by atoms with E-state index in [2.05, 4.69) is 5.32 Å². The van der Waals surface area contributed by atoms with Crippen LogP contribution in [0.2, 0.25) is 5.02 Å². The molecule has 0 aliphatic heterocycles. The average Bonchev–Trinajstić information content (AvgIpc) is 2.41. The molecule has 0 unspecified atom stereocenters. The minimum atomic E-state index is -3.13. The number of benzene rings is 1. The lowest BCUT2D eigenvalue weighted by Gasteiger charge is -2.27. The molecule has 22 heavy (non-hydrogen) atoms. The monoisotopic (exact) mass is 346 g/mol. The second-order valence-electron chi connectivity index (χ2n) is 5.52. The largest absolute Gasteiger partial charge is 0.331 e. The van der Waals surface area contributed by atoms with Crippen LogP contribution in [0.25, 0.3) is 0 Å². The third kappa shape index (κ3) is 5.85. The zero-order valence-electron chi connectivity index (χ0n) is 13.3. The van der Waals surface area contributed by atoms with Crippen molar-refractivity contribution in [2.24, 2.45) is 0 Å². The summed E-state index contributed by atoms with van der Waals surface area (Å²) in [7, 11) is -1.54. The minimum absolute atomic E-state index is 0.0646. The molecule has 0 heterocycles. The quantitative estimate of drug-likeness (QED) is 0.861. The van der Waals surface area contributed by atoms with Crippen LogP contribution in [0, 0.1) is 0 Å². The number of amides is 2. The van der Waals surface area contributed by atoms with E-state index in [-0.39, 0.29) is 17.8 Å². The van der Waals surface area contributed by atoms with E-state index < -0.39 is 15.9 Å². The smallest absolute Gasteiger partial charge is 0.317 e. The van der Waals surface area contributed by atoms with Crippen molar-refractivity contribution in [3.05, 3.63) is 34.9 Å². The number of hydrogen-bond acceptors (Lipinski definition) is 3. The molecule has 0 saturated carbocycles. The van der Waals surface area contributed by atoms with E-state index in [9.17, 15) is 13.2 Å². The van der Waals surface area contributed by atoms with Crippen LogP contribution in [0.4, 0.5) is 4.79 Å². The van der Waals surface area contributed by atoms with Crippen LogP contribution in [0.3, 0.4) is 0 Å². The van der Waals surface area contributed by atoms with Gasteiger partial charge in [0.1, 0.15) is 9.84 Å². The van der Waals surface area contributed by atoms with E-state index in [1.54, 1.807) is 20.0 Å². The molecule has 0 fully saturated rings. The Morgan fingerprint density at radius 2 is 2.05 bits per heavy atom. The molecule has 5 nitrogen and oxygen atoms in total. The van der Waals surface area contributed by atoms with Gasteiger partial charge in [0.05, 0.1) is 11.8 Å². The topological polar surface area (TPSA) is 66.5 Å². The summed E-state index contributed by atoms with van der Waals surface area (Å²) < 4.78 is 22.7. The van der Waals surface area contributed by atoms with Gasteiger partial charge in [0.2, 0.25) is 0 Å². The number of carbonyl (C=O) groups is 1. The Morgan fingerprint density at radius 3 is 2.55 bits per heavy atom. The standard InChI is InChI=1S/C15H23ClN2O3S/c1-5-14(12-7-6-8-13(16)9-12)17-15(19)18(3)11(2)10-22(4,20)21/h6-9,11,14H,5,10H2,1-4H3,(H,17,19)/t11-,14+/m1/s1. The van der Waals surface area contributed by atoms with Crippen LogP contribution in [0.5, 0.6) is 0 Å². The number of nitrogens with zero attached hydrogens (tertiary/aromatic N) is 1. The number of nitrogens with one attached hydrogen (secondary N) is 1. The molecule has 1 rings (SSSR count). The first-order valence-corrected chi connectivity index (χ1v) is 9.54. The van der Waals surface area contributed by atoms with Gasteiger partial charge in [-0.15, -0.1) is 0 Å². The Kier molecular flexibility index (Phi) is 6.68. The van der Waals surface area contributed by atoms with Crippen molar-refractivity contribution in [1.29, 1.82) is 0 Å². The molecule has 0 aliphatic carbocycles. The Hall–Kier alpha value is -1.27. The maximum atomic E-state index is 12.3. The van der Waals surface area contributed by atoms with Crippen LogP contribution < -0.4 is 5.32 Å². The van der Waals surface area contributed by atoms with Crippen molar-refractivity contribution >= 4 is 27.5 Å². The summed E-state index contributed by atoms with van der Waals surface area (Å²) in [5.41, 5.74) is 0.924. The van der Waals surface area contributed by atoms with E-state index >= 15 is 0 Å². The fourth-order valence-corrected chi connectivity index (χ4v) is 3.44. The zero-order valence-corrected chi connectivity index (χ0v) is 14.9. The van der Waals surface area contributed by atoms with Crippen molar-refractivity contribution in [1.82, 2.24) is 10.2 Å². The van der Waals surface area contributed by atoms with Gasteiger partial charge in [0.15, 0.2) is 0 Å². The summed E-state index contributed by atoms with van der Waals surface area (Å²) in [6.45, 7) is 3.67. The molecule has 0 aromatic heterocycles. The van der Waals surface area contributed by atoms with Gasteiger partial charge in [-0.05, 0) is 31.0 Å². The van der Waals surface area contributed by atoms with E-state index in [0.29, 0.717) is 11.4 Å². The van der Waals surface area contributed by atoms with Crippen LogP contribution in [-0.2, 0) is 9.84 Å². The zero-order chi connectivity index (χ0) is 16.9. The van der Waals surface area contributed by atoms with E-state index in [1.165, 1.54) is 4.90 Å². The first kappa shape index (κ1) is 18.8. The van der Waals surface area contributed by atoms with Crippen molar-refractivity contribution in [3.63, 3.8) is 0 Å². The first-order valence-electron chi connectivity index (χ1n) is 7.10. The second kappa shape index (κ2) is 7.83. The van der Waals surface area contributed by atoms with Crippen LogP contribution in [0.1, 0.15) is 31.9 Å². The molecule has 0 aliphatic rings. The summed E-state index contributed by atoms with van der Waals surface area (Å²) in [6.07, 6.45) is 1.87. The lowest BCUT2D eigenvalue weighted by molar-refractivity contribution is 0.193. The van der Waals surface area contributed by atoms with Crippen LogP contribution >= 0.6 is 11.6 Å².